The zero-order chi connectivity index (χ0) is 24.7. The second-order valence-corrected chi connectivity index (χ2v) is 9.86. The zero-order valence-electron chi connectivity index (χ0n) is 19.7. The first-order valence-corrected chi connectivity index (χ1v) is 12.3. The second-order valence-electron chi connectivity index (χ2n) is 8.78. The maximum atomic E-state index is 12.3. The number of carboxylic acids is 1. The molecule has 5 rings (SSSR count). The molecule has 3 aromatic rings. The molecule has 10 heteroatoms. The van der Waals surface area contributed by atoms with Crippen molar-refractivity contribution < 1.29 is 9.90 Å². The van der Waals surface area contributed by atoms with Crippen LogP contribution in [0.2, 0.25) is 0 Å². The highest BCUT2D eigenvalue weighted by atomic mass is 32.2. The van der Waals surface area contributed by atoms with Crippen LogP contribution in [0.4, 0.5) is 17.2 Å². The molecule has 0 spiro atoms. The quantitative estimate of drug-likeness (QED) is 0.579. The van der Waals surface area contributed by atoms with E-state index < -0.39 is 5.97 Å². The Balaban J connectivity index is 1.31. The van der Waals surface area contributed by atoms with Crippen LogP contribution >= 0.6 is 11.8 Å². The van der Waals surface area contributed by atoms with Crippen molar-refractivity contribution in [2.24, 2.45) is 14.1 Å². The molecule has 0 amide bonds. The van der Waals surface area contributed by atoms with Crippen LogP contribution in [-0.4, -0.2) is 64.4 Å². The fourth-order valence-electron chi connectivity index (χ4n) is 4.67. The number of hydrogen-bond donors (Lipinski definition) is 1. The number of aromatic nitrogens is 2. The van der Waals surface area contributed by atoms with Gasteiger partial charge in [0, 0.05) is 69.2 Å². The summed E-state index contributed by atoms with van der Waals surface area (Å²) in [5, 5.41) is 9.51. The first-order valence-electron chi connectivity index (χ1n) is 11.5. The molecule has 2 aliphatic heterocycles. The number of aromatic carboxylic acids is 1. The van der Waals surface area contributed by atoms with Gasteiger partial charge in [-0.2, -0.15) is 0 Å². The van der Waals surface area contributed by atoms with Crippen LogP contribution < -0.4 is 21.0 Å². The Kier molecular flexibility index (Phi) is 6.16. The van der Waals surface area contributed by atoms with Crippen molar-refractivity contribution in [1.82, 2.24) is 14.0 Å². The maximum absolute atomic E-state index is 12.3. The number of nitrogens with zero attached hydrogens (tertiary/aromatic N) is 5. The first-order chi connectivity index (χ1) is 16.8. The lowest BCUT2D eigenvalue weighted by Crippen LogP contribution is -2.50. The number of fused-ring (bicyclic) bond motifs is 2. The molecule has 1 aromatic heterocycles. The number of rotatable bonds is 5. The van der Waals surface area contributed by atoms with Crippen molar-refractivity contribution in [1.29, 1.82) is 0 Å². The summed E-state index contributed by atoms with van der Waals surface area (Å²) in [4.78, 5) is 44.9. The average molecular weight is 494 g/mol. The van der Waals surface area contributed by atoms with Crippen molar-refractivity contribution in [3.63, 3.8) is 0 Å². The number of benzene rings is 2. The molecule has 0 unspecified atom stereocenters. The fraction of sp³-hybridized carbons (Fsp3) is 0.320. The lowest BCUT2D eigenvalue weighted by Gasteiger charge is -2.38. The summed E-state index contributed by atoms with van der Waals surface area (Å²) < 4.78 is 2.64. The molecule has 0 atom stereocenters. The smallest absolute Gasteiger partial charge is 0.335 e. The zero-order valence-corrected chi connectivity index (χ0v) is 20.5. The molecule has 35 heavy (non-hydrogen) atoms. The van der Waals surface area contributed by atoms with Crippen molar-refractivity contribution in [3.8, 4) is 0 Å². The summed E-state index contributed by atoms with van der Waals surface area (Å²) in [5.74, 6) is -0.285. The van der Waals surface area contributed by atoms with Gasteiger partial charge in [-0.3, -0.25) is 18.8 Å². The topological polar surface area (TPSA) is 91.0 Å². The van der Waals surface area contributed by atoms with Gasteiger partial charge in [-0.05, 0) is 30.3 Å². The number of carboxylic acid groups (broad SMARTS) is 1. The molecule has 3 heterocycles. The first kappa shape index (κ1) is 23.3. The Morgan fingerprint density at radius 2 is 1.60 bits per heavy atom. The average Bonchev–Trinajstić information content (AvgIpc) is 2.87. The van der Waals surface area contributed by atoms with Gasteiger partial charge in [-0.15, -0.1) is 0 Å². The van der Waals surface area contributed by atoms with Gasteiger partial charge in [0.2, 0.25) is 0 Å². The second kappa shape index (κ2) is 9.27. The van der Waals surface area contributed by atoms with E-state index in [9.17, 15) is 19.5 Å². The molecule has 1 fully saturated rings. The molecule has 1 N–H and O–H groups in total. The van der Waals surface area contributed by atoms with Gasteiger partial charge in [0.15, 0.2) is 0 Å². The number of carbonyl (C=O) groups is 1. The van der Waals surface area contributed by atoms with Crippen LogP contribution in [0.25, 0.3) is 0 Å². The third-order valence-corrected chi connectivity index (χ3v) is 7.84. The molecule has 2 aromatic carbocycles. The third kappa shape index (κ3) is 4.35. The third-order valence-electron chi connectivity index (χ3n) is 6.71. The summed E-state index contributed by atoms with van der Waals surface area (Å²) in [6.45, 7) is 4.56. The maximum Gasteiger partial charge on any atom is 0.335 e. The number of hydrogen-bond acceptors (Lipinski definition) is 7. The van der Waals surface area contributed by atoms with Crippen molar-refractivity contribution >= 4 is 34.9 Å². The normalized spacial score (nSPS) is 15.6. The summed E-state index contributed by atoms with van der Waals surface area (Å²) in [6, 6.07) is 15.0. The summed E-state index contributed by atoms with van der Waals surface area (Å²) in [5.41, 5.74) is 1.66. The van der Waals surface area contributed by atoms with E-state index in [1.807, 2.05) is 18.2 Å². The Morgan fingerprint density at radius 3 is 2.34 bits per heavy atom. The van der Waals surface area contributed by atoms with Gasteiger partial charge in [0.05, 0.1) is 16.9 Å². The highest BCUT2D eigenvalue weighted by Crippen LogP contribution is 2.48. The van der Waals surface area contributed by atoms with Gasteiger partial charge in [-0.1, -0.05) is 23.9 Å². The van der Waals surface area contributed by atoms with Crippen molar-refractivity contribution in [3.05, 3.63) is 74.9 Å². The standard InChI is InChI=1S/C25H27N5O4S/c1-26-22(16-23(31)27(2)25(26)34)29-12-9-28(10-13-29)11-14-30-18-5-3-4-6-20(18)35-21-8-7-17(24(32)33)15-19(21)30/h3-8,15-16H,9-14H2,1-2H3,(H,32,33). The summed E-state index contributed by atoms with van der Waals surface area (Å²) in [7, 11) is 3.18. The van der Waals surface area contributed by atoms with Crippen LogP contribution in [0.3, 0.4) is 0 Å². The summed E-state index contributed by atoms with van der Waals surface area (Å²) >= 11 is 1.66. The molecule has 1 saturated heterocycles. The van der Waals surface area contributed by atoms with E-state index in [4.69, 9.17) is 0 Å². The van der Waals surface area contributed by atoms with E-state index in [2.05, 4.69) is 26.8 Å². The Hall–Kier alpha value is -3.50. The molecular weight excluding hydrogens is 466 g/mol. The minimum absolute atomic E-state index is 0.280. The van der Waals surface area contributed by atoms with Crippen LogP contribution in [0.1, 0.15) is 10.4 Å². The fourth-order valence-corrected chi connectivity index (χ4v) is 5.75. The van der Waals surface area contributed by atoms with E-state index in [-0.39, 0.29) is 16.8 Å². The lowest BCUT2D eigenvalue weighted by atomic mass is 10.1. The minimum atomic E-state index is -0.933. The van der Waals surface area contributed by atoms with Crippen LogP contribution in [0.5, 0.6) is 0 Å². The van der Waals surface area contributed by atoms with Crippen LogP contribution in [0, 0.1) is 0 Å². The van der Waals surface area contributed by atoms with Gasteiger partial charge in [-0.25, -0.2) is 9.59 Å². The molecule has 182 valence electrons. The highest BCUT2D eigenvalue weighted by Gasteiger charge is 2.26. The number of anilines is 3. The van der Waals surface area contributed by atoms with Gasteiger partial charge >= 0.3 is 11.7 Å². The van der Waals surface area contributed by atoms with E-state index >= 15 is 0 Å². The van der Waals surface area contributed by atoms with Crippen LogP contribution in [-0.2, 0) is 14.1 Å². The van der Waals surface area contributed by atoms with Crippen molar-refractivity contribution in [2.45, 2.75) is 9.79 Å². The largest absolute Gasteiger partial charge is 0.478 e. The van der Waals surface area contributed by atoms with E-state index in [0.29, 0.717) is 18.9 Å². The highest BCUT2D eigenvalue weighted by molar-refractivity contribution is 7.99. The molecule has 9 nitrogen and oxygen atoms in total. The van der Waals surface area contributed by atoms with E-state index in [1.54, 1.807) is 30.9 Å². The predicted molar refractivity (Wildman–Crippen MR) is 137 cm³/mol. The predicted octanol–water partition coefficient (Wildman–Crippen LogP) is 2.21. The minimum Gasteiger partial charge on any atom is -0.478 e. The number of piperazine rings is 1. The molecular formula is C25H27N5O4S. The Morgan fingerprint density at radius 1 is 0.886 bits per heavy atom. The molecule has 0 bridgehead atoms. The summed E-state index contributed by atoms with van der Waals surface area (Å²) in [6.07, 6.45) is 0. The Labute approximate surface area is 206 Å². The molecule has 0 saturated carbocycles. The van der Waals surface area contributed by atoms with Crippen molar-refractivity contribution in [2.75, 3.05) is 49.1 Å². The van der Waals surface area contributed by atoms with E-state index in [0.717, 1.165) is 51.9 Å². The number of para-hydroxylation sites is 1. The Bertz CT molecular complexity index is 1410. The molecule has 0 radical (unpaired) electrons. The molecule has 0 aliphatic carbocycles. The van der Waals surface area contributed by atoms with Gasteiger partial charge < -0.3 is 14.9 Å². The van der Waals surface area contributed by atoms with Gasteiger partial charge in [0.25, 0.3) is 5.56 Å². The van der Waals surface area contributed by atoms with E-state index in [1.165, 1.54) is 17.7 Å². The monoisotopic (exact) mass is 493 g/mol. The molecule has 2 aliphatic rings. The lowest BCUT2D eigenvalue weighted by molar-refractivity contribution is 0.0697. The van der Waals surface area contributed by atoms with Crippen LogP contribution in [0.15, 0.2) is 67.9 Å². The van der Waals surface area contributed by atoms with Gasteiger partial charge in [0.1, 0.15) is 5.82 Å². The SMILES string of the molecule is Cn1c(N2CCN(CCN3c4ccccc4Sc4ccc(C(=O)O)cc43)CC2)cc(=O)n(C)c1=O.